The predicted octanol–water partition coefficient (Wildman–Crippen LogP) is 1.12. The Morgan fingerprint density at radius 2 is 2.45 bits per heavy atom. The van der Waals surface area contributed by atoms with E-state index in [0.29, 0.717) is 13.0 Å². The number of carbonyl (C=O) groups excluding carboxylic acids is 1. The van der Waals surface area contributed by atoms with Gasteiger partial charge in [-0.3, -0.25) is 9.79 Å². The summed E-state index contributed by atoms with van der Waals surface area (Å²) in [4.78, 5) is 14.3. The second-order valence-corrected chi connectivity index (χ2v) is 2.06. The average Bonchev–Trinajstić information content (AvgIpc) is 1.99. The SMILES string of the molecule is C=N/C=C/CCC(=O)NCC. The molecular weight excluding hydrogens is 140 g/mol. The lowest BCUT2D eigenvalue weighted by atomic mass is 10.3. The summed E-state index contributed by atoms with van der Waals surface area (Å²) in [6, 6.07) is 0. The molecule has 3 nitrogen and oxygen atoms in total. The van der Waals surface area contributed by atoms with Gasteiger partial charge >= 0.3 is 0 Å². The molecule has 0 saturated carbocycles. The minimum atomic E-state index is 0.0845. The smallest absolute Gasteiger partial charge is 0.220 e. The lowest BCUT2D eigenvalue weighted by Gasteiger charge is -1.97. The van der Waals surface area contributed by atoms with E-state index < -0.39 is 0 Å². The number of nitrogens with zero attached hydrogens (tertiary/aromatic N) is 1. The highest BCUT2D eigenvalue weighted by Gasteiger charge is 1.94. The van der Waals surface area contributed by atoms with Crippen molar-refractivity contribution >= 4 is 12.6 Å². The fraction of sp³-hybridized carbons (Fsp3) is 0.500. The van der Waals surface area contributed by atoms with Crippen molar-refractivity contribution in [2.45, 2.75) is 19.8 Å². The van der Waals surface area contributed by atoms with E-state index in [1.54, 1.807) is 6.20 Å². The van der Waals surface area contributed by atoms with Gasteiger partial charge in [-0.1, -0.05) is 6.08 Å². The maximum atomic E-state index is 10.8. The van der Waals surface area contributed by atoms with Crippen LogP contribution in [0.25, 0.3) is 0 Å². The Balaban J connectivity index is 3.30. The minimum Gasteiger partial charge on any atom is -0.356 e. The number of nitrogens with one attached hydrogen (secondary N) is 1. The monoisotopic (exact) mass is 154 g/mol. The molecule has 0 aliphatic carbocycles. The molecule has 0 radical (unpaired) electrons. The summed E-state index contributed by atoms with van der Waals surface area (Å²) in [7, 11) is 0. The molecular formula is C8H14N2O. The summed E-state index contributed by atoms with van der Waals surface area (Å²) in [5.74, 6) is 0.0845. The quantitative estimate of drug-likeness (QED) is 0.592. The van der Waals surface area contributed by atoms with Crippen LogP contribution in [0.5, 0.6) is 0 Å². The molecule has 0 heterocycles. The Bertz CT molecular complexity index is 152. The maximum absolute atomic E-state index is 10.8. The van der Waals surface area contributed by atoms with Gasteiger partial charge in [-0.25, -0.2) is 0 Å². The predicted molar refractivity (Wildman–Crippen MR) is 46.6 cm³/mol. The summed E-state index contributed by atoms with van der Waals surface area (Å²) >= 11 is 0. The molecule has 0 aliphatic rings. The van der Waals surface area contributed by atoms with Gasteiger partial charge in [0.25, 0.3) is 0 Å². The number of aliphatic imine (C=N–C) groups is 1. The molecule has 0 atom stereocenters. The Kier molecular flexibility index (Phi) is 6.28. The normalized spacial score (nSPS) is 9.91. The average molecular weight is 154 g/mol. The molecule has 0 aromatic rings. The van der Waals surface area contributed by atoms with Gasteiger partial charge in [0.05, 0.1) is 0 Å². The number of hydrogen-bond donors (Lipinski definition) is 1. The van der Waals surface area contributed by atoms with Crippen LogP contribution < -0.4 is 5.32 Å². The molecule has 1 amide bonds. The van der Waals surface area contributed by atoms with Gasteiger partial charge in [0.15, 0.2) is 0 Å². The van der Waals surface area contributed by atoms with Gasteiger partial charge in [-0.2, -0.15) is 0 Å². The molecule has 0 bridgehead atoms. The van der Waals surface area contributed by atoms with E-state index in [2.05, 4.69) is 17.0 Å². The first-order valence-corrected chi connectivity index (χ1v) is 3.68. The van der Waals surface area contributed by atoms with Crippen molar-refractivity contribution in [2.24, 2.45) is 4.99 Å². The third-order valence-electron chi connectivity index (χ3n) is 1.12. The second-order valence-electron chi connectivity index (χ2n) is 2.06. The Morgan fingerprint density at radius 3 is 3.00 bits per heavy atom. The van der Waals surface area contributed by atoms with Crippen molar-refractivity contribution in [1.29, 1.82) is 0 Å². The maximum Gasteiger partial charge on any atom is 0.220 e. The number of hydrogen-bond acceptors (Lipinski definition) is 2. The van der Waals surface area contributed by atoms with Crippen LogP contribution in [0.15, 0.2) is 17.3 Å². The van der Waals surface area contributed by atoms with Crippen molar-refractivity contribution in [3.05, 3.63) is 12.3 Å². The first-order chi connectivity index (χ1) is 5.31. The third kappa shape index (κ3) is 6.77. The van der Waals surface area contributed by atoms with Crippen molar-refractivity contribution in [2.75, 3.05) is 6.54 Å². The zero-order chi connectivity index (χ0) is 8.53. The third-order valence-corrected chi connectivity index (χ3v) is 1.12. The first kappa shape index (κ1) is 9.88. The standard InChI is InChI=1S/C8H14N2O/c1-3-10-8(11)6-4-5-7-9-2/h5,7H,2-4,6H2,1H3,(H,10,11)/b7-5+. The van der Waals surface area contributed by atoms with E-state index in [-0.39, 0.29) is 5.91 Å². The molecule has 0 aliphatic heterocycles. The molecule has 0 fully saturated rings. The molecule has 0 saturated heterocycles. The topological polar surface area (TPSA) is 41.5 Å². The van der Waals surface area contributed by atoms with E-state index in [9.17, 15) is 4.79 Å². The molecule has 0 aromatic carbocycles. The zero-order valence-corrected chi connectivity index (χ0v) is 6.84. The number of carbonyl (C=O) groups is 1. The summed E-state index contributed by atoms with van der Waals surface area (Å²) in [6.07, 6.45) is 4.67. The summed E-state index contributed by atoms with van der Waals surface area (Å²) in [6.45, 7) is 5.87. The first-order valence-electron chi connectivity index (χ1n) is 3.68. The van der Waals surface area contributed by atoms with Crippen molar-refractivity contribution in [1.82, 2.24) is 5.32 Å². The summed E-state index contributed by atoms with van der Waals surface area (Å²) in [5.41, 5.74) is 0. The van der Waals surface area contributed by atoms with Gasteiger partial charge in [-0.15, -0.1) is 0 Å². The molecule has 1 N–H and O–H groups in total. The minimum absolute atomic E-state index is 0.0845. The Labute approximate surface area is 67.2 Å². The van der Waals surface area contributed by atoms with Crippen LogP contribution >= 0.6 is 0 Å². The van der Waals surface area contributed by atoms with Crippen LogP contribution in [0.4, 0.5) is 0 Å². The molecule has 0 rings (SSSR count). The number of rotatable bonds is 5. The van der Waals surface area contributed by atoms with Crippen LogP contribution in [-0.2, 0) is 4.79 Å². The molecule has 0 spiro atoms. The van der Waals surface area contributed by atoms with Crippen molar-refractivity contribution < 1.29 is 4.79 Å². The molecule has 62 valence electrons. The van der Waals surface area contributed by atoms with E-state index in [1.165, 1.54) is 0 Å². The lowest BCUT2D eigenvalue weighted by Crippen LogP contribution is -2.21. The molecule has 0 aromatic heterocycles. The fourth-order valence-electron chi connectivity index (χ4n) is 0.649. The highest BCUT2D eigenvalue weighted by molar-refractivity contribution is 5.75. The fourth-order valence-corrected chi connectivity index (χ4v) is 0.649. The summed E-state index contributed by atoms with van der Waals surface area (Å²) in [5, 5.41) is 2.70. The highest BCUT2D eigenvalue weighted by atomic mass is 16.1. The highest BCUT2D eigenvalue weighted by Crippen LogP contribution is 1.90. The van der Waals surface area contributed by atoms with Gasteiger partial charge in [0.1, 0.15) is 0 Å². The van der Waals surface area contributed by atoms with Crippen molar-refractivity contribution in [3.8, 4) is 0 Å². The number of allylic oxidation sites excluding steroid dienone is 1. The van der Waals surface area contributed by atoms with E-state index in [0.717, 1.165) is 6.42 Å². The van der Waals surface area contributed by atoms with Crippen LogP contribution in [0.1, 0.15) is 19.8 Å². The Hall–Kier alpha value is -1.12. The molecule has 11 heavy (non-hydrogen) atoms. The van der Waals surface area contributed by atoms with Crippen LogP contribution in [0.2, 0.25) is 0 Å². The largest absolute Gasteiger partial charge is 0.356 e. The van der Waals surface area contributed by atoms with E-state index >= 15 is 0 Å². The zero-order valence-electron chi connectivity index (χ0n) is 6.84. The van der Waals surface area contributed by atoms with E-state index in [4.69, 9.17) is 0 Å². The van der Waals surface area contributed by atoms with Gasteiger partial charge in [0.2, 0.25) is 5.91 Å². The van der Waals surface area contributed by atoms with Gasteiger partial charge < -0.3 is 5.32 Å². The molecule has 0 unspecified atom stereocenters. The lowest BCUT2D eigenvalue weighted by molar-refractivity contribution is -0.120. The van der Waals surface area contributed by atoms with Gasteiger partial charge in [0, 0.05) is 19.2 Å². The van der Waals surface area contributed by atoms with Gasteiger partial charge in [-0.05, 0) is 20.1 Å². The Morgan fingerprint density at radius 1 is 1.73 bits per heavy atom. The van der Waals surface area contributed by atoms with E-state index in [1.807, 2.05) is 13.0 Å². The molecule has 3 heteroatoms. The second kappa shape index (κ2) is 6.99. The van der Waals surface area contributed by atoms with Crippen LogP contribution in [0.3, 0.4) is 0 Å². The summed E-state index contributed by atoms with van der Waals surface area (Å²) < 4.78 is 0. The van der Waals surface area contributed by atoms with Crippen LogP contribution in [-0.4, -0.2) is 19.2 Å². The van der Waals surface area contributed by atoms with Crippen LogP contribution in [0, 0.1) is 0 Å². The number of amides is 1. The van der Waals surface area contributed by atoms with Crippen molar-refractivity contribution in [3.63, 3.8) is 0 Å².